The van der Waals surface area contributed by atoms with Crippen LogP contribution in [0.2, 0.25) is 5.02 Å². The number of nitrogens with zero attached hydrogens (tertiary/aromatic N) is 3. The van der Waals surface area contributed by atoms with Crippen molar-refractivity contribution in [2.24, 2.45) is 0 Å². The van der Waals surface area contributed by atoms with E-state index >= 15 is 0 Å². The largest absolute Gasteiger partial charge is 0.480 e. The van der Waals surface area contributed by atoms with Gasteiger partial charge in [-0.25, -0.2) is 14.5 Å². The Labute approximate surface area is 120 Å². The second-order valence-corrected chi connectivity index (χ2v) is 4.15. The number of pyridine rings is 1. The fraction of sp³-hybridized carbons (Fsp3) is 0.182. The fourth-order valence-electron chi connectivity index (χ4n) is 1.68. The molecule has 0 aliphatic rings. The van der Waals surface area contributed by atoms with Crippen molar-refractivity contribution in [1.82, 2.24) is 14.8 Å². The lowest BCUT2D eigenvalue weighted by Gasteiger charge is -2.13. The molecule has 0 aliphatic carbocycles. The number of carboxylic acids is 1. The number of aromatic carboxylic acids is 1. The van der Waals surface area contributed by atoms with Crippen LogP contribution < -0.4 is 4.74 Å². The molecule has 2 aromatic rings. The van der Waals surface area contributed by atoms with E-state index in [1.54, 1.807) is 0 Å². The van der Waals surface area contributed by atoms with Gasteiger partial charge >= 0.3 is 12.1 Å². The molecular formula is C11H7ClF3N3O3. The Bertz CT molecular complexity index is 700. The molecule has 2 aromatic heterocycles. The van der Waals surface area contributed by atoms with E-state index in [1.165, 1.54) is 19.4 Å². The maximum absolute atomic E-state index is 13.1. The zero-order valence-electron chi connectivity index (χ0n) is 10.3. The first-order valence-corrected chi connectivity index (χ1v) is 5.72. The molecule has 0 radical (unpaired) electrons. The number of ether oxygens (including phenoxy) is 1. The molecule has 0 unspecified atom stereocenters. The fourth-order valence-corrected chi connectivity index (χ4v) is 1.95. The van der Waals surface area contributed by atoms with Crippen LogP contribution in [0.15, 0.2) is 18.5 Å². The molecule has 0 spiro atoms. The smallest absolute Gasteiger partial charge is 0.434 e. The summed E-state index contributed by atoms with van der Waals surface area (Å²) in [5.74, 6) is -1.85. The summed E-state index contributed by atoms with van der Waals surface area (Å²) in [6.07, 6.45) is -3.15. The van der Waals surface area contributed by atoms with Gasteiger partial charge < -0.3 is 9.84 Å². The van der Waals surface area contributed by atoms with E-state index in [0.717, 1.165) is 0 Å². The van der Waals surface area contributed by atoms with Crippen molar-refractivity contribution in [2.75, 3.05) is 7.11 Å². The summed E-state index contributed by atoms with van der Waals surface area (Å²) in [5.41, 5.74) is -2.61. The monoisotopic (exact) mass is 321 g/mol. The summed E-state index contributed by atoms with van der Waals surface area (Å²) in [4.78, 5) is 14.6. The third-order valence-corrected chi connectivity index (χ3v) is 2.88. The molecule has 0 aliphatic heterocycles. The standard InChI is InChI=1S/C11H7ClF3N3O3/c1-21-9-7(12)6(2-3-16-9)18-8(11(13,14)15)5(4-17-18)10(19)20/h2-4H,1H3,(H,19,20). The molecule has 0 saturated heterocycles. The Kier molecular flexibility index (Phi) is 3.77. The zero-order chi connectivity index (χ0) is 15.8. The van der Waals surface area contributed by atoms with E-state index in [2.05, 4.69) is 10.1 Å². The first-order chi connectivity index (χ1) is 9.77. The third-order valence-electron chi connectivity index (χ3n) is 2.53. The minimum absolute atomic E-state index is 0.102. The molecule has 2 heterocycles. The Hall–Kier alpha value is -2.29. The second-order valence-electron chi connectivity index (χ2n) is 3.77. The van der Waals surface area contributed by atoms with E-state index in [4.69, 9.17) is 21.4 Å². The van der Waals surface area contributed by atoms with Gasteiger partial charge in [0.15, 0.2) is 5.69 Å². The van der Waals surface area contributed by atoms with Gasteiger partial charge in [-0.1, -0.05) is 11.6 Å². The topological polar surface area (TPSA) is 77.2 Å². The number of aromatic nitrogens is 3. The maximum atomic E-state index is 13.1. The summed E-state index contributed by atoms with van der Waals surface area (Å²) in [6, 6.07) is 1.17. The summed E-state index contributed by atoms with van der Waals surface area (Å²) in [7, 11) is 1.24. The van der Waals surface area contributed by atoms with E-state index in [0.29, 0.717) is 10.9 Å². The lowest BCUT2D eigenvalue weighted by atomic mass is 10.2. The van der Waals surface area contributed by atoms with Crippen molar-refractivity contribution >= 4 is 17.6 Å². The quantitative estimate of drug-likeness (QED) is 0.940. The number of carbonyl (C=O) groups is 1. The van der Waals surface area contributed by atoms with Crippen molar-refractivity contribution in [2.45, 2.75) is 6.18 Å². The van der Waals surface area contributed by atoms with E-state index in [1.807, 2.05) is 0 Å². The Morgan fingerprint density at radius 2 is 2.14 bits per heavy atom. The van der Waals surface area contributed by atoms with Gasteiger partial charge in [-0.2, -0.15) is 18.3 Å². The molecule has 6 nitrogen and oxygen atoms in total. The molecular weight excluding hydrogens is 315 g/mol. The zero-order valence-corrected chi connectivity index (χ0v) is 11.1. The van der Waals surface area contributed by atoms with Crippen LogP contribution >= 0.6 is 11.6 Å². The highest BCUT2D eigenvalue weighted by molar-refractivity contribution is 6.33. The van der Waals surface area contributed by atoms with Gasteiger partial charge in [0.25, 0.3) is 0 Å². The summed E-state index contributed by atoms with van der Waals surface area (Å²) in [6.45, 7) is 0. The predicted molar refractivity (Wildman–Crippen MR) is 64.9 cm³/mol. The molecule has 0 fully saturated rings. The van der Waals surface area contributed by atoms with Crippen LogP contribution in [0, 0.1) is 0 Å². The number of hydrogen-bond acceptors (Lipinski definition) is 4. The van der Waals surface area contributed by atoms with E-state index < -0.39 is 23.4 Å². The third kappa shape index (κ3) is 2.64. The van der Waals surface area contributed by atoms with E-state index in [9.17, 15) is 18.0 Å². The maximum Gasteiger partial charge on any atom is 0.434 e. The summed E-state index contributed by atoms with van der Waals surface area (Å²) in [5, 5.41) is 12.1. The Balaban J connectivity index is 2.74. The molecule has 1 N–H and O–H groups in total. The van der Waals surface area contributed by atoms with Crippen molar-refractivity contribution in [3.05, 3.63) is 34.7 Å². The molecule has 0 saturated carbocycles. The van der Waals surface area contributed by atoms with Gasteiger partial charge in [-0.05, 0) is 6.07 Å². The van der Waals surface area contributed by atoms with Crippen molar-refractivity contribution < 1.29 is 27.8 Å². The molecule has 2 rings (SSSR count). The van der Waals surface area contributed by atoms with Gasteiger partial charge in [0.05, 0.1) is 19.0 Å². The summed E-state index contributed by atoms with van der Waals surface area (Å²) >= 11 is 5.89. The van der Waals surface area contributed by atoms with Gasteiger partial charge in [-0.3, -0.25) is 0 Å². The molecule has 21 heavy (non-hydrogen) atoms. The van der Waals surface area contributed by atoms with Crippen molar-refractivity contribution in [3.8, 4) is 11.6 Å². The first kappa shape index (κ1) is 15.1. The number of methoxy groups -OCH3 is 1. The number of alkyl halides is 3. The van der Waals surface area contributed by atoms with Crippen LogP contribution in [-0.4, -0.2) is 33.0 Å². The van der Waals surface area contributed by atoms with Crippen LogP contribution in [0.1, 0.15) is 16.1 Å². The Morgan fingerprint density at radius 3 is 2.67 bits per heavy atom. The average Bonchev–Trinajstić information content (AvgIpc) is 2.83. The van der Waals surface area contributed by atoms with Gasteiger partial charge in [0, 0.05) is 6.20 Å². The van der Waals surface area contributed by atoms with Crippen molar-refractivity contribution in [1.29, 1.82) is 0 Å². The lowest BCUT2D eigenvalue weighted by molar-refractivity contribution is -0.143. The molecule has 0 atom stereocenters. The van der Waals surface area contributed by atoms with Crippen molar-refractivity contribution in [3.63, 3.8) is 0 Å². The Morgan fingerprint density at radius 1 is 1.48 bits per heavy atom. The molecule has 0 aromatic carbocycles. The van der Waals surface area contributed by atoms with Crippen LogP contribution in [0.25, 0.3) is 5.69 Å². The average molecular weight is 322 g/mol. The van der Waals surface area contributed by atoms with Crippen LogP contribution in [-0.2, 0) is 6.18 Å². The highest BCUT2D eigenvalue weighted by atomic mass is 35.5. The molecule has 10 heteroatoms. The molecule has 0 bridgehead atoms. The number of carboxylic acid groups (broad SMARTS) is 1. The molecule has 0 amide bonds. The number of hydrogen-bond donors (Lipinski definition) is 1. The number of rotatable bonds is 3. The van der Waals surface area contributed by atoms with Gasteiger partial charge in [-0.15, -0.1) is 0 Å². The highest BCUT2D eigenvalue weighted by Gasteiger charge is 2.41. The first-order valence-electron chi connectivity index (χ1n) is 5.34. The predicted octanol–water partition coefficient (Wildman–Crippen LogP) is 2.65. The SMILES string of the molecule is COc1nccc(-n2ncc(C(=O)O)c2C(F)(F)F)c1Cl. The number of halogens is 4. The van der Waals surface area contributed by atoms with Crippen LogP contribution in [0.4, 0.5) is 13.2 Å². The lowest BCUT2D eigenvalue weighted by Crippen LogP contribution is -2.17. The van der Waals surface area contributed by atoms with E-state index in [-0.39, 0.29) is 16.6 Å². The van der Waals surface area contributed by atoms with Gasteiger partial charge in [0.1, 0.15) is 10.6 Å². The van der Waals surface area contributed by atoms with Gasteiger partial charge in [0.2, 0.25) is 5.88 Å². The normalized spacial score (nSPS) is 11.5. The highest BCUT2D eigenvalue weighted by Crippen LogP contribution is 2.36. The molecule has 112 valence electrons. The minimum atomic E-state index is -4.93. The van der Waals surface area contributed by atoms with Crippen LogP contribution in [0.3, 0.4) is 0 Å². The minimum Gasteiger partial charge on any atom is -0.480 e. The second kappa shape index (κ2) is 5.24. The van der Waals surface area contributed by atoms with Crippen LogP contribution in [0.5, 0.6) is 5.88 Å². The summed E-state index contributed by atoms with van der Waals surface area (Å²) < 4.78 is 44.5.